The van der Waals surface area contributed by atoms with Crippen molar-refractivity contribution in [1.29, 1.82) is 0 Å². The maximum absolute atomic E-state index is 12.8. The summed E-state index contributed by atoms with van der Waals surface area (Å²) in [5, 5.41) is 0. The van der Waals surface area contributed by atoms with Crippen LogP contribution in [0.3, 0.4) is 0 Å². The van der Waals surface area contributed by atoms with Crippen LogP contribution in [0.2, 0.25) is 0 Å². The Bertz CT molecular complexity index is 1300. The molecular formula is C52H84N2. The van der Waals surface area contributed by atoms with Gasteiger partial charge in [-0.25, -0.2) is 4.70 Å². The summed E-state index contributed by atoms with van der Waals surface area (Å²) in [5.74, 6) is 0. The van der Waals surface area contributed by atoms with Crippen LogP contribution >= 0.6 is 0 Å². The summed E-state index contributed by atoms with van der Waals surface area (Å²) in [4.78, 5) is 0. The van der Waals surface area contributed by atoms with Crippen molar-refractivity contribution in [2.45, 2.75) is 235 Å². The zero-order valence-corrected chi connectivity index (χ0v) is 37.0. The maximum Gasteiger partial charge on any atom is 0.211 e. The average Bonchev–Trinajstić information content (AvgIpc) is 3.46. The normalized spacial score (nSPS) is 13.3. The minimum absolute atomic E-state index is 1.03. The molecule has 54 heavy (non-hydrogen) atoms. The Balaban J connectivity index is 2.31. The summed E-state index contributed by atoms with van der Waals surface area (Å²) >= 11 is 0. The smallest absolute Gasteiger partial charge is 0.211 e. The van der Waals surface area contributed by atoms with Gasteiger partial charge in [-0.15, -0.1) is 0 Å². The second-order valence-corrected chi connectivity index (χ2v) is 16.8. The first-order valence-electron chi connectivity index (χ1n) is 23.7. The lowest BCUT2D eigenvalue weighted by molar-refractivity contribution is -0.345. The number of benzene rings is 2. The van der Waals surface area contributed by atoms with Gasteiger partial charge in [0.25, 0.3) is 0 Å². The minimum atomic E-state index is 1.03. The van der Waals surface area contributed by atoms with E-state index in [1.807, 2.05) is 0 Å². The molecule has 1 aliphatic heterocycles. The SMILES string of the molecule is CCCCCCc1c(CCCC)cc(C2=C(CCCC)C(CCCC)=C(c3cc(CCCC)c(CCCCCC)c(CCCC)c3)[N+]2=[N-])cc1CCCC. The number of nitrogens with zero attached hydrogens (tertiary/aromatic N) is 2. The van der Waals surface area contributed by atoms with E-state index >= 15 is 0 Å². The fourth-order valence-corrected chi connectivity index (χ4v) is 8.82. The van der Waals surface area contributed by atoms with Crippen molar-refractivity contribution in [3.63, 3.8) is 0 Å². The van der Waals surface area contributed by atoms with E-state index < -0.39 is 0 Å². The van der Waals surface area contributed by atoms with Gasteiger partial charge in [-0.05, 0) is 160 Å². The molecule has 0 amide bonds. The second-order valence-electron chi connectivity index (χ2n) is 16.8. The van der Waals surface area contributed by atoms with Gasteiger partial charge in [0.15, 0.2) is 0 Å². The fourth-order valence-electron chi connectivity index (χ4n) is 8.82. The Morgan fingerprint density at radius 2 is 0.611 bits per heavy atom. The number of hydrogen-bond donors (Lipinski definition) is 0. The molecule has 0 radical (unpaired) electrons. The molecule has 0 saturated carbocycles. The van der Waals surface area contributed by atoms with Gasteiger partial charge in [0, 0.05) is 22.3 Å². The molecule has 2 heteroatoms. The summed E-state index contributed by atoms with van der Waals surface area (Å²) < 4.78 is 1.71. The number of rotatable bonds is 30. The zero-order chi connectivity index (χ0) is 39.1. The molecule has 0 N–H and O–H groups in total. The molecule has 0 aromatic heterocycles. The van der Waals surface area contributed by atoms with E-state index in [1.165, 1.54) is 138 Å². The van der Waals surface area contributed by atoms with E-state index in [-0.39, 0.29) is 0 Å². The highest BCUT2D eigenvalue weighted by atomic mass is 15.2. The highest BCUT2D eigenvalue weighted by Gasteiger charge is 2.36. The van der Waals surface area contributed by atoms with E-state index in [0.29, 0.717) is 0 Å². The predicted molar refractivity (Wildman–Crippen MR) is 240 cm³/mol. The third kappa shape index (κ3) is 13.3. The Morgan fingerprint density at radius 1 is 0.333 bits per heavy atom. The molecule has 2 nitrogen and oxygen atoms in total. The molecule has 0 spiro atoms. The Morgan fingerprint density at radius 3 is 0.889 bits per heavy atom. The number of unbranched alkanes of at least 4 members (excludes halogenated alkanes) is 12. The molecular weight excluding hydrogens is 653 g/mol. The van der Waals surface area contributed by atoms with Gasteiger partial charge < -0.3 is 5.53 Å². The van der Waals surface area contributed by atoms with E-state index in [9.17, 15) is 5.53 Å². The summed E-state index contributed by atoms with van der Waals surface area (Å²) in [5.41, 5.74) is 29.8. The number of hydrogen-bond acceptors (Lipinski definition) is 0. The minimum Gasteiger partial charge on any atom is -0.493 e. The lowest BCUT2D eigenvalue weighted by Crippen LogP contribution is -2.09. The van der Waals surface area contributed by atoms with Gasteiger partial charge >= 0.3 is 0 Å². The quantitative estimate of drug-likeness (QED) is 0.0564. The first-order chi connectivity index (χ1) is 26.4. The highest BCUT2D eigenvalue weighted by molar-refractivity contribution is 5.83. The van der Waals surface area contributed by atoms with E-state index in [0.717, 1.165) is 75.6 Å². The zero-order valence-electron chi connectivity index (χ0n) is 37.0. The highest BCUT2D eigenvalue weighted by Crippen LogP contribution is 2.46. The van der Waals surface area contributed by atoms with Gasteiger partial charge in [0.05, 0.1) is 0 Å². The van der Waals surface area contributed by atoms with Crippen LogP contribution in [0.4, 0.5) is 0 Å². The maximum atomic E-state index is 12.8. The molecule has 3 rings (SSSR count). The van der Waals surface area contributed by atoms with Gasteiger partial charge in [-0.2, -0.15) is 0 Å². The van der Waals surface area contributed by atoms with Crippen molar-refractivity contribution in [3.05, 3.63) is 85.5 Å². The molecule has 2 aromatic rings. The third-order valence-corrected chi connectivity index (χ3v) is 12.1. The molecule has 0 aliphatic carbocycles. The van der Waals surface area contributed by atoms with Crippen LogP contribution in [-0.2, 0) is 38.5 Å². The summed E-state index contributed by atoms with van der Waals surface area (Å²) in [6.07, 6.45) is 33.8. The van der Waals surface area contributed by atoms with Crippen LogP contribution < -0.4 is 0 Å². The van der Waals surface area contributed by atoms with Gasteiger partial charge in [-0.3, -0.25) is 0 Å². The molecule has 0 atom stereocenters. The third-order valence-electron chi connectivity index (χ3n) is 12.1. The molecule has 2 aromatic carbocycles. The van der Waals surface area contributed by atoms with Crippen LogP contribution in [-0.4, -0.2) is 4.70 Å². The number of aryl methyl sites for hydroxylation is 4. The van der Waals surface area contributed by atoms with Crippen molar-refractivity contribution in [2.24, 2.45) is 0 Å². The Hall–Kier alpha value is -2.48. The molecule has 1 heterocycles. The van der Waals surface area contributed by atoms with Gasteiger partial charge in [0.2, 0.25) is 11.4 Å². The van der Waals surface area contributed by atoms with Crippen molar-refractivity contribution in [2.75, 3.05) is 0 Å². The van der Waals surface area contributed by atoms with Gasteiger partial charge in [-0.1, -0.05) is 132 Å². The second kappa shape index (κ2) is 26.4. The van der Waals surface area contributed by atoms with E-state index in [1.54, 1.807) is 38.1 Å². The Kier molecular flexibility index (Phi) is 22.4. The van der Waals surface area contributed by atoms with Crippen LogP contribution in [0.15, 0.2) is 35.4 Å². The van der Waals surface area contributed by atoms with Crippen molar-refractivity contribution in [1.82, 2.24) is 0 Å². The van der Waals surface area contributed by atoms with Crippen molar-refractivity contribution >= 4 is 11.4 Å². The van der Waals surface area contributed by atoms with Crippen LogP contribution in [0, 0.1) is 0 Å². The summed E-state index contributed by atoms with van der Waals surface area (Å²) in [7, 11) is 0. The summed E-state index contributed by atoms with van der Waals surface area (Å²) in [6, 6.07) is 10.1. The fraction of sp³-hybridized carbons (Fsp3) is 0.692. The van der Waals surface area contributed by atoms with Crippen molar-refractivity contribution in [3.8, 4) is 0 Å². The van der Waals surface area contributed by atoms with Crippen molar-refractivity contribution < 1.29 is 4.70 Å². The monoisotopic (exact) mass is 737 g/mol. The standard InChI is InChI=1S/C52H84N2/c1-9-17-25-27-35-47-41(29-19-11-3)37-45(38-42(47)30-20-12-4)51-49(33-23-15-7)50(34-24-16-8)52(54(51)53)46-39-43(31-21-13-5)48(36-28-26-18-10-2)44(40-46)32-22-14-6/h37-40H,9-36H2,1-8H3. The first kappa shape index (κ1) is 45.9. The van der Waals surface area contributed by atoms with Crippen LogP contribution in [0.25, 0.3) is 16.9 Å². The summed E-state index contributed by atoms with van der Waals surface area (Å²) in [6.45, 7) is 18.6. The average molecular weight is 737 g/mol. The molecule has 1 aliphatic rings. The van der Waals surface area contributed by atoms with Gasteiger partial charge in [0.1, 0.15) is 0 Å². The predicted octanol–water partition coefficient (Wildman–Crippen LogP) is 16.9. The largest absolute Gasteiger partial charge is 0.493 e. The molecule has 302 valence electrons. The molecule has 0 bridgehead atoms. The first-order valence-corrected chi connectivity index (χ1v) is 23.7. The van der Waals surface area contributed by atoms with E-state index in [2.05, 4.69) is 79.7 Å². The van der Waals surface area contributed by atoms with Crippen LogP contribution in [0.1, 0.15) is 241 Å². The Labute approximate surface area is 335 Å². The van der Waals surface area contributed by atoms with Crippen LogP contribution in [0.5, 0.6) is 0 Å². The molecule has 0 unspecified atom stereocenters. The molecule has 0 saturated heterocycles. The topological polar surface area (TPSA) is 25.3 Å². The van der Waals surface area contributed by atoms with E-state index in [4.69, 9.17) is 0 Å². The lowest BCUT2D eigenvalue weighted by atomic mass is 9.86. The molecule has 0 fully saturated rings. The lowest BCUT2D eigenvalue weighted by Gasteiger charge is -2.20. The number of allylic oxidation sites excluding steroid dienone is 2.